The molecule has 0 unspecified atom stereocenters. The summed E-state index contributed by atoms with van der Waals surface area (Å²) in [5, 5.41) is 41.0. The van der Waals surface area contributed by atoms with Crippen molar-refractivity contribution >= 4 is 69.2 Å². The topological polar surface area (TPSA) is 311 Å². The summed E-state index contributed by atoms with van der Waals surface area (Å²) < 4.78 is 21.2. The quantitative estimate of drug-likeness (QED) is 0.0304. The number of ketones is 1. The molecule has 0 heterocycles. The molecular weight excluding hydrogens is 874 g/mol. The molecule has 0 bridgehead atoms. The van der Waals surface area contributed by atoms with Gasteiger partial charge in [0, 0.05) is 57.8 Å². The number of hydrogen-bond donors (Lipinski definition) is 8. The van der Waals surface area contributed by atoms with Crippen molar-refractivity contribution in [3.8, 4) is 0 Å². The molecule has 5 amide bonds. The number of amides is 5. The number of aliphatic carboxylic acids is 3. The first-order valence-electron chi connectivity index (χ1n) is 20.6. The molecule has 1 aliphatic carbocycles. The second-order valence-electron chi connectivity index (χ2n) is 14.5. The minimum absolute atomic E-state index is 0.0104. The van der Waals surface area contributed by atoms with E-state index in [1.807, 2.05) is 0 Å². The van der Waals surface area contributed by atoms with E-state index in [2.05, 4.69) is 42.5 Å². The number of alkyl halides is 1. The molecule has 2 atom stereocenters. The summed E-state index contributed by atoms with van der Waals surface area (Å²) in [6.07, 6.45) is 4.01. The molecule has 8 N–H and O–H groups in total. The molecule has 22 heteroatoms. The minimum Gasteiger partial charge on any atom is -0.481 e. The number of carbonyl (C=O) groups excluding carboxylic acids is 6. The van der Waals surface area contributed by atoms with E-state index in [1.165, 1.54) is 0 Å². The number of nitrogens with one attached hydrogen (secondary N) is 5. The van der Waals surface area contributed by atoms with E-state index in [0.717, 1.165) is 0 Å². The number of ether oxygens (including phenoxy) is 4. The number of carbonyl (C=O) groups is 9. The third-order valence-electron chi connectivity index (χ3n) is 9.55. The Balaban J connectivity index is 2.04. The van der Waals surface area contributed by atoms with Gasteiger partial charge in [0.2, 0.25) is 29.5 Å². The van der Waals surface area contributed by atoms with E-state index < -0.39 is 35.8 Å². The van der Waals surface area contributed by atoms with Crippen LogP contribution in [0.25, 0.3) is 0 Å². The summed E-state index contributed by atoms with van der Waals surface area (Å²) in [5.41, 5.74) is 0. The maximum absolute atomic E-state index is 12.9. The number of rotatable bonds is 37. The molecule has 1 saturated carbocycles. The lowest BCUT2D eigenvalue weighted by Crippen LogP contribution is -2.42. The maximum atomic E-state index is 12.9. The average Bonchev–Trinajstić information content (AvgIpc) is 3.22. The zero-order chi connectivity index (χ0) is 45.3. The monoisotopic (exact) mass is 937 g/mol. The molecule has 0 saturated heterocycles. The van der Waals surface area contributed by atoms with Gasteiger partial charge in [-0.1, -0.05) is 15.9 Å². The van der Waals surface area contributed by atoms with Gasteiger partial charge in [0.05, 0.1) is 50.9 Å². The van der Waals surface area contributed by atoms with E-state index in [0.29, 0.717) is 51.6 Å². The first-order chi connectivity index (χ1) is 29.2. The molecule has 0 aromatic carbocycles. The summed E-state index contributed by atoms with van der Waals surface area (Å²) in [6.45, 7) is 1.51. The Kier molecular flexibility index (Phi) is 30.8. The molecular formula is C39H64BrN5O16. The first-order valence-corrected chi connectivity index (χ1v) is 21.8. The maximum Gasteiger partial charge on any atom is 0.326 e. The van der Waals surface area contributed by atoms with Crippen molar-refractivity contribution in [3.63, 3.8) is 0 Å². The van der Waals surface area contributed by atoms with E-state index in [4.69, 9.17) is 24.1 Å². The van der Waals surface area contributed by atoms with Crippen molar-refractivity contribution in [3.05, 3.63) is 0 Å². The SMILES string of the molecule is O=C(O)CCCC(=O)NC[C@H]1CC[C@H](C(=O)C[C@@H](CCC(=O)NCCOCCOCC(=O)NCCOCCOCC(=O)N[C@@H](CCCCNC(=O)CBr)C(=O)O)C(=O)O)CC1. The van der Waals surface area contributed by atoms with Crippen molar-refractivity contribution in [2.45, 2.75) is 89.5 Å². The normalized spacial score (nSPS) is 15.8. The lowest BCUT2D eigenvalue weighted by molar-refractivity contribution is -0.145. The average molecular weight is 939 g/mol. The van der Waals surface area contributed by atoms with Crippen LogP contribution in [0.5, 0.6) is 0 Å². The van der Waals surface area contributed by atoms with Gasteiger partial charge in [-0.2, -0.15) is 0 Å². The first kappa shape index (κ1) is 54.8. The number of halogens is 1. The summed E-state index contributed by atoms with van der Waals surface area (Å²) in [6, 6.07) is -1.07. The van der Waals surface area contributed by atoms with Crippen LogP contribution in [0.3, 0.4) is 0 Å². The number of carboxylic acids is 3. The standard InChI is InChI=1S/C39H64BrN5O16/c40-23-34(49)41-13-2-1-4-30(39(56)57)45-36(51)26-61-21-19-59-17-15-43-35(50)25-60-20-18-58-16-14-42-33(48)12-11-29(38(54)55)22-31(46)28-9-7-27(8-10-28)24-44-32(47)5-3-6-37(52)53/h27-30H,1-26H2,(H,41,49)(H,42,48)(H,43,50)(H,44,47)(H,45,51)(H,52,53)(H,54,55)(H,56,57)/t27-,28-,29-,30+/m1/s1. The van der Waals surface area contributed by atoms with Crippen molar-refractivity contribution in [1.82, 2.24) is 26.6 Å². The Bertz CT molecular complexity index is 1380. The van der Waals surface area contributed by atoms with Crippen LogP contribution in [0.1, 0.15) is 83.5 Å². The molecule has 1 aliphatic rings. The van der Waals surface area contributed by atoms with Gasteiger partial charge in [-0.05, 0) is 63.7 Å². The van der Waals surface area contributed by atoms with E-state index in [1.54, 1.807) is 0 Å². The van der Waals surface area contributed by atoms with Gasteiger partial charge in [0.1, 0.15) is 25.0 Å². The smallest absolute Gasteiger partial charge is 0.326 e. The summed E-state index contributed by atoms with van der Waals surface area (Å²) in [4.78, 5) is 106. The number of Topliss-reactive ketones (excluding diaryl/α,β-unsaturated/α-hetero) is 1. The Morgan fingerprint density at radius 3 is 1.72 bits per heavy atom. The van der Waals surface area contributed by atoms with Crippen LogP contribution in [0, 0.1) is 17.8 Å². The van der Waals surface area contributed by atoms with Crippen LogP contribution in [0.15, 0.2) is 0 Å². The second kappa shape index (κ2) is 34.3. The Labute approximate surface area is 364 Å². The van der Waals surface area contributed by atoms with Gasteiger partial charge in [-0.25, -0.2) is 4.79 Å². The molecule has 0 aromatic rings. The Hall–Kier alpha value is -4.25. The third-order valence-corrected chi connectivity index (χ3v) is 10.1. The highest BCUT2D eigenvalue weighted by atomic mass is 79.9. The molecule has 0 radical (unpaired) electrons. The number of unbranched alkanes of at least 4 members (excludes halogenated alkanes) is 1. The van der Waals surface area contributed by atoms with Crippen molar-refractivity contribution < 1.29 is 77.4 Å². The number of hydrogen-bond acceptors (Lipinski definition) is 13. The van der Waals surface area contributed by atoms with Crippen molar-refractivity contribution in [2.24, 2.45) is 17.8 Å². The van der Waals surface area contributed by atoms with E-state index in [-0.39, 0.29) is 157 Å². The predicted molar refractivity (Wildman–Crippen MR) is 219 cm³/mol. The van der Waals surface area contributed by atoms with Crippen LogP contribution in [-0.2, 0) is 62.1 Å². The second-order valence-corrected chi connectivity index (χ2v) is 15.0. The zero-order valence-electron chi connectivity index (χ0n) is 34.7. The fourth-order valence-electron chi connectivity index (χ4n) is 6.14. The van der Waals surface area contributed by atoms with Crippen LogP contribution in [-0.4, -0.2) is 159 Å². The molecule has 0 spiro atoms. The van der Waals surface area contributed by atoms with Crippen LogP contribution in [0.2, 0.25) is 0 Å². The fourth-order valence-corrected chi connectivity index (χ4v) is 6.34. The lowest BCUT2D eigenvalue weighted by atomic mass is 9.78. The Morgan fingerprint density at radius 1 is 0.557 bits per heavy atom. The Morgan fingerprint density at radius 2 is 1.13 bits per heavy atom. The van der Waals surface area contributed by atoms with Crippen LogP contribution in [0.4, 0.5) is 0 Å². The summed E-state index contributed by atoms with van der Waals surface area (Å²) >= 11 is 3.03. The van der Waals surface area contributed by atoms with Gasteiger partial charge >= 0.3 is 17.9 Å². The van der Waals surface area contributed by atoms with E-state index >= 15 is 0 Å². The lowest BCUT2D eigenvalue weighted by Gasteiger charge is -2.28. The van der Waals surface area contributed by atoms with Gasteiger partial charge in [-0.15, -0.1) is 0 Å². The highest BCUT2D eigenvalue weighted by Gasteiger charge is 2.30. The van der Waals surface area contributed by atoms with Gasteiger partial charge in [0.25, 0.3) is 0 Å². The van der Waals surface area contributed by atoms with Gasteiger partial charge in [-0.3, -0.25) is 38.4 Å². The third kappa shape index (κ3) is 29.6. The van der Waals surface area contributed by atoms with Crippen molar-refractivity contribution in [2.75, 3.05) is 84.4 Å². The molecule has 1 rings (SSSR count). The largest absolute Gasteiger partial charge is 0.481 e. The minimum atomic E-state index is -1.17. The number of carboxylic acid groups (broad SMARTS) is 3. The molecule has 21 nitrogen and oxygen atoms in total. The highest BCUT2D eigenvalue weighted by Crippen LogP contribution is 2.31. The van der Waals surface area contributed by atoms with E-state index in [9.17, 15) is 53.4 Å². The summed E-state index contributed by atoms with van der Waals surface area (Å²) in [5.74, 6) is -6.13. The molecule has 0 aromatic heterocycles. The molecule has 1 fully saturated rings. The zero-order valence-corrected chi connectivity index (χ0v) is 36.3. The molecule has 348 valence electrons. The van der Waals surface area contributed by atoms with Gasteiger partial charge in [0.15, 0.2) is 0 Å². The highest BCUT2D eigenvalue weighted by molar-refractivity contribution is 9.09. The molecule has 0 aliphatic heterocycles. The fraction of sp³-hybridized carbons (Fsp3) is 0.769. The summed E-state index contributed by atoms with van der Waals surface area (Å²) in [7, 11) is 0. The van der Waals surface area contributed by atoms with Gasteiger partial charge < -0.3 is 60.9 Å². The van der Waals surface area contributed by atoms with Crippen LogP contribution < -0.4 is 26.6 Å². The van der Waals surface area contributed by atoms with Crippen LogP contribution >= 0.6 is 15.9 Å². The molecule has 61 heavy (non-hydrogen) atoms. The predicted octanol–water partition coefficient (Wildman–Crippen LogP) is 0.154. The van der Waals surface area contributed by atoms with Crippen molar-refractivity contribution in [1.29, 1.82) is 0 Å².